The Labute approximate surface area is 88.0 Å². The van der Waals surface area contributed by atoms with Crippen LogP contribution in [-0.4, -0.2) is 20.5 Å². The Morgan fingerprint density at radius 2 is 2.21 bits per heavy atom. The molecule has 1 aliphatic rings. The molecule has 2 unspecified atom stereocenters. The molecule has 0 aromatic carbocycles. The van der Waals surface area contributed by atoms with Gasteiger partial charge in [-0.3, -0.25) is 0 Å². The number of rotatable bonds is 4. The highest BCUT2D eigenvalue weighted by atomic mass is 28.4. The lowest BCUT2D eigenvalue weighted by molar-refractivity contribution is 0.135. The van der Waals surface area contributed by atoms with Crippen LogP contribution in [0.1, 0.15) is 26.2 Å². The molecule has 3 heteroatoms. The Morgan fingerprint density at radius 3 is 2.71 bits per heavy atom. The Kier molecular flexibility index (Phi) is 4.10. The molecule has 0 bridgehead atoms. The zero-order valence-corrected chi connectivity index (χ0v) is 10.0. The lowest BCUT2D eigenvalue weighted by atomic mass is 10.1. The van der Waals surface area contributed by atoms with Gasteiger partial charge in [0, 0.05) is 6.04 Å². The third kappa shape index (κ3) is 2.35. The Balaban J connectivity index is 2.67. The normalized spacial score (nSPS) is 28.0. The van der Waals surface area contributed by atoms with E-state index in [1.807, 2.05) is 11.4 Å². The molecule has 1 aliphatic heterocycles. The summed E-state index contributed by atoms with van der Waals surface area (Å²) >= 11 is 0. The molecule has 1 heterocycles. The first-order valence-corrected chi connectivity index (χ1v) is 7.65. The van der Waals surface area contributed by atoms with Gasteiger partial charge in [-0.15, -0.1) is 13.2 Å². The van der Waals surface area contributed by atoms with E-state index >= 15 is 0 Å². The summed E-state index contributed by atoms with van der Waals surface area (Å²) in [6, 6.07) is 1.29. The van der Waals surface area contributed by atoms with Crippen LogP contribution in [0.3, 0.4) is 0 Å². The maximum Gasteiger partial charge on any atom is 0.240 e. The molecule has 0 aromatic heterocycles. The highest BCUT2D eigenvalue weighted by molar-refractivity contribution is 6.83. The fraction of sp³-hybridized carbons (Fsp3) is 0.636. The maximum atomic E-state index is 6.10. The zero-order valence-electron chi connectivity index (χ0n) is 9.04. The Morgan fingerprint density at radius 1 is 1.57 bits per heavy atom. The van der Waals surface area contributed by atoms with Crippen LogP contribution in [0, 0.1) is 0 Å². The smallest absolute Gasteiger partial charge is 0.240 e. The van der Waals surface area contributed by atoms with Crippen LogP contribution >= 0.6 is 0 Å². The van der Waals surface area contributed by atoms with E-state index in [9.17, 15) is 0 Å². The summed E-state index contributed by atoms with van der Waals surface area (Å²) in [4.78, 5) is 0. The van der Waals surface area contributed by atoms with E-state index in [0.717, 1.165) is 18.9 Å². The van der Waals surface area contributed by atoms with E-state index in [2.05, 4.69) is 20.1 Å². The molecule has 80 valence electrons. The molecule has 1 fully saturated rings. The van der Waals surface area contributed by atoms with Crippen molar-refractivity contribution in [2.45, 2.75) is 44.4 Å². The molecule has 2 N–H and O–H groups in total. The summed E-state index contributed by atoms with van der Waals surface area (Å²) in [5.74, 6) is 0. The van der Waals surface area contributed by atoms with Gasteiger partial charge in [0.2, 0.25) is 8.32 Å². The van der Waals surface area contributed by atoms with Gasteiger partial charge in [0.15, 0.2) is 0 Å². The van der Waals surface area contributed by atoms with Crippen LogP contribution in [0.2, 0.25) is 6.04 Å². The average Bonchev–Trinajstić information content (AvgIpc) is 2.28. The standard InChI is InChI=1S/C11H21NOSi/c1-4-10(12)11-8-7-9-14(5-2,6-3)13-11/h5-6,10-11H,2-4,7-9,12H2,1H3. The molecule has 2 nitrogen and oxygen atoms in total. The van der Waals surface area contributed by atoms with Crippen LogP contribution < -0.4 is 5.73 Å². The van der Waals surface area contributed by atoms with Gasteiger partial charge >= 0.3 is 0 Å². The van der Waals surface area contributed by atoms with Gasteiger partial charge in [0.1, 0.15) is 0 Å². The second-order valence-corrected chi connectivity index (χ2v) is 7.45. The lowest BCUT2D eigenvalue weighted by Gasteiger charge is -2.37. The quantitative estimate of drug-likeness (QED) is 0.724. The van der Waals surface area contributed by atoms with Crippen molar-refractivity contribution in [1.82, 2.24) is 0 Å². The van der Waals surface area contributed by atoms with Crippen LogP contribution in [0.15, 0.2) is 24.6 Å². The first-order chi connectivity index (χ1) is 6.67. The fourth-order valence-electron chi connectivity index (χ4n) is 1.93. The molecule has 0 amide bonds. The first-order valence-electron chi connectivity index (χ1n) is 5.38. The third-order valence-corrected chi connectivity index (χ3v) is 6.33. The fourth-order valence-corrected chi connectivity index (χ4v) is 4.43. The molecule has 0 spiro atoms. The molecule has 0 radical (unpaired) electrons. The Bertz CT molecular complexity index is 209. The van der Waals surface area contributed by atoms with E-state index < -0.39 is 8.32 Å². The van der Waals surface area contributed by atoms with E-state index in [0.29, 0.717) is 0 Å². The van der Waals surface area contributed by atoms with Gasteiger partial charge in [0.05, 0.1) is 6.10 Å². The topological polar surface area (TPSA) is 35.2 Å². The van der Waals surface area contributed by atoms with Crippen molar-refractivity contribution in [3.05, 3.63) is 24.6 Å². The monoisotopic (exact) mass is 211 g/mol. The number of hydrogen-bond donors (Lipinski definition) is 1. The minimum Gasteiger partial charge on any atom is -0.405 e. The highest BCUT2D eigenvalue weighted by Gasteiger charge is 2.36. The summed E-state index contributed by atoms with van der Waals surface area (Å²) in [6.45, 7) is 9.85. The van der Waals surface area contributed by atoms with Crippen LogP contribution in [-0.2, 0) is 4.43 Å². The van der Waals surface area contributed by atoms with Crippen molar-refractivity contribution in [3.8, 4) is 0 Å². The Hall–Kier alpha value is -0.383. The molecule has 14 heavy (non-hydrogen) atoms. The van der Waals surface area contributed by atoms with E-state index in [4.69, 9.17) is 10.2 Å². The first kappa shape index (κ1) is 11.7. The lowest BCUT2D eigenvalue weighted by Crippen LogP contribution is -2.49. The van der Waals surface area contributed by atoms with E-state index in [1.165, 1.54) is 6.42 Å². The number of hydrogen-bond acceptors (Lipinski definition) is 2. The summed E-state index contributed by atoms with van der Waals surface area (Å²) < 4.78 is 6.10. The molecule has 0 aliphatic carbocycles. The summed E-state index contributed by atoms with van der Waals surface area (Å²) in [5, 5.41) is 0. The maximum absolute atomic E-state index is 6.10. The third-order valence-electron chi connectivity index (χ3n) is 3.07. The zero-order chi connectivity index (χ0) is 10.6. The molecule has 2 atom stereocenters. The minimum atomic E-state index is -1.82. The molecular formula is C11H21NOSi. The van der Waals surface area contributed by atoms with Crippen molar-refractivity contribution >= 4 is 8.32 Å². The largest absolute Gasteiger partial charge is 0.405 e. The van der Waals surface area contributed by atoms with Crippen LogP contribution in [0.4, 0.5) is 0 Å². The minimum absolute atomic E-state index is 0.169. The second kappa shape index (κ2) is 4.91. The molecule has 0 saturated carbocycles. The highest BCUT2D eigenvalue weighted by Crippen LogP contribution is 2.29. The van der Waals surface area contributed by atoms with Crippen LogP contribution in [0.25, 0.3) is 0 Å². The average molecular weight is 211 g/mol. The number of nitrogens with two attached hydrogens (primary N) is 1. The van der Waals surface area contributed by atoms with Gasteiger partial charge in [-0.05, 0) is 18.9 Å². The second-order valence-electron chi connectivity index (χ2n) is 3.98. The molecule has 1 saturated heterocycles. The summed E-state index contributed by atoms with van der Waals surface area (Å²) in [7, 11) is -1.82. The van der Waals surface area contributed by atoms with E-state index in [1.54, 1.807) is 0 Å². The van der Waals surface area contributed by atoms with Gasteiger partial charge in [0.25, 0.3) is 0 Å². The summed E-state index contributed by atoms with van der Waals surface area (Å²) in [5.41, 5.74) is 9.97. The molecule has 1 rings (SSSR count). The molecular weight excluding hydrogens is 190 g/mol. The van der Waals surface area contributed by atoms with Gasteiger partial charge < -0.3 is 10.2 Å². The summed E-state index contributed by atoms with van der Waals surface area (Å²) in [6.07, 6.45) is 3.48. The predicted octanol–water partition coefficient (Wildman–Crippen LogP) is 2.30. The SMILES string of the molecule is C=C[Si]1(C=C)CCCC(C(N)CC)O1. The van der Waals surface area contributed by atoms with Gasteiger partial charge in [-0.2, -0.15) is 0 Å². The van der Waals surface area contributed by atoms with Crippen molar-refractivity contribution in [2.24, 2.45) is 5.73 Å². The van der Waals surface area contributed by atoms with Crippen molar-refractivity contribution < 1.29 is 4.43 Å². The molecule has 0 aromatic rings. The van der Waals surface area contributed by atoms with Gasteiger partial charge in [-0.1, -0.05) is 24.7 Å². The van der Waals surface area contributed by atoms with Crippen molar-refractivity contribution in [2.75, 3.05) is 0 Å². The van der Waals surface area contributed by atoms with Crippen molar-refractivity contribution in [3.63, 3.8) is 0 Å². The van der Waals surface area contributed by atoms with Gasteiger partial charge in [-0.25, -0.2) is 0 Å². The van der Waals surface area contributed by atoms with Crippen molar-refractivity contribution in [1.29, 1.82) is 0 Å². The predicted molar refractivity (Wildman–Crippen MR) is 63.3 cm³/mol. The van der Waals surface area contributed by atoms with E-state index in [-0.39, 0.29) is 12.1 Å². The van der Waals surface area contributed by atoms with Crippen LogP contribution in [0.5, 0.6) is 0 Å².